The highest BCUT2D eigenvalue weighted by molar-refractivity contribution is 7.80. The van der Waals surface area contributed by atoms with Crippen LogP contribution in [0.15, 0.2) is 18.2 Å². The van der Waals surface area contributed by atoms with E-state index in [1.807, 2.05) is 0 Å². The van der Waals surface area contributed by atoms with Crippen LogP contribution in [-0.4, -0.2) is 31.5 Å². The van der Waals surface area contributed by atoms with Crippen molar-refractivity contribution in [2.45, 2.75) is 26.2 Å². The van der Waals surface area contributed by atoms with E-state index in [1.54, 1.807) is 7.11 Å². The van der Waals surface area contributed by atoms with Gasteiger partial charge < -0.3 is 4.74 Å². The molecular weight excluding hydrogens is 230 g/mol. The van der Waals surface area contributed by atoms with Crippen LogP contribution < -0.4 is 4.74 Å². The molecular formula is C14H23NOS. The average Bonchev–Trinajstić information content (AvgIpc) is 2.35. The van der Waals surface area contributed by atoms with E-state index in [2.05, 4.69) is 56.6 Å². The zero-order chi connectivity index (χ0) is 12.8. The van der Waals surface area contributed by atoms with Gasteiger partial charge in [0.25, 0.3) is 0 Å². The van der Waals surface area contributed by atoms with Crippen molar-refractivity contribution in [3.8, 4) is 5.75 Å². The fourth-order valence-electron chi connectivity index (χ4n) is 1.71. The quantitative estimate of drug-likeness (QED) is 0.617. The molecule has 0 fully saturated rings. The molecule has 0 spiro atoms. The van der Waals surface area contributed by atoms with Gasteiger partial charge in [-0.2, -0.15) is 12.6 Å². The molecule has 0 aliphatic rings. The summed E-state index contributed by atoms with van der Waals surface area (Å²) in [5.41, 5.74) is 2.60. The predicted octanol–water partition coefficient (Wildman–Crippen LogP) is 3.18. The fourth-order valence-corrected chi connectivity index (χ4v) is 1.85. The van der Waals surface area contributed by atoms with Crippen LogP contribution in [0.3, 0.4) is 0 Å². The third-order valence-corrected chi connectivity index (χ3v) is 3.46. The Morgan fingerprint density at radius 1 is 1.35 bits per heavy atom. The van der Waals surface area contributed by atoms with E-state index in [-0.39, 0.29) is 0 Å². The molecule has 2 nitrogen and oxygen atoms in total. The summed E-state index contributed by atoms with van der Waals surface area (Å²) in [6, 6.07) is 6.53. The minimum atomic E-state index is 0.540. The normalized spacial score (nSPS) is 11.2. The van der Waals surface area contributed by atoms with Crippen molar-refractivity contribution in [3.05, 3.63) is 29.3 Å². The third-order valence-electron chi connectivity index (χ3n) is 2.98. The zero-order valence-electron chi connectivity index (χ0n) is 11.2. The standard InChI is InChI=1S/C14H23NOS/c1-11(2)13-6-5-12(14(9-13)16-4)7-8-15(3)10-17/h5-6,9,11,17H,7-8,10H2,1-4H3. The first-order valence-corrected chi connectivity index (χ1v) is 6.68. The number of thiol groups is 1. The molecule has 0 aliphatic carbocycles. The molecule has 0 saturated heterocycles. The zero-order valence-corrected chi connectivity index (χ0v) is 12.1. The number of nitrogens with zero attached hydrogens (tertiary/aromatic N) is 1. The van der Waals surface area contributed by atoms with Crippen LogP contribution in [0.4, 0.5) is 0 Å². The number of methoxy groups -OCH3 is 1. The Bertz CT molecular complexity index is 352. The second-order valence-electron chi connectivity index (χ2n) is 4.70. The Hall–Kier alpha value is -0.670. The minimum Gasteiger partial charge on any atom is -0.496 e. The topological polar surface area (TPSA) is 12.5 Å². The lowest BCUT2D eigenvalue weighted by Gasteiger charge is -2.16. The van der Waals surface area contributed by atoms with Crippen LogP contribution in [0.2, 0.25) is 0 Å². The molecule has 1 aromatic carbocycles. The monoisotopic (exact) mass is 253 g/mol. The van der Waals surface area contributed by atoms with Gasteiger partial charge in [-0.25, -0.2) is 0 Å². The van der Waals surface area contributed by atoms with Crippen LogP contribution in [0, 0.1) is 0 Å². The summed E-state index contributed by atoms with van der Waals surface area (Å²) in [5, 5.41) is 0. The summed E-state index contributed by atoms with van der Waals surface area (Å²) in [6.45, 7) is 5.40. The summed E-state index contributed by atoms with van der Waals surface area (Å²) in [7, 11) is 3.81. The predicted molar refractivity (Wildman–Crippen MR) is 77.3 cm³/mol. The fraction of sp³-hybridized carbons (Fsp3) is 0.571. The van der Waals surface area contributed by atoms with E-state index in [0.717, 1.165) is 24.6 Å². The molecule has 0 radical (unpaired) electrons. The van der Waals surface area contributed by atoms with E-state index in [4.69, 9.17) is 4.74 Å². The molecule has 0 aliphatic heterocycles. The maximum atomic E-state index is 5.46. The lowest BCUT2D eigenvalue weighted by Crippen LogP contribution is -2.19. The number of ether oxygens (including phenoxy) is 1. The molecule has 0 atom stereocenters. The molecule has 0 bridgehead atoms. The summed E-state index contributed by atoms with van der Waals surface area (Å²) >= 11 is 4.25. The number of hydrogen-bond donors (Lipinski definition) is 1. The Balaban J connectivity index is 2.78. The average molecular weight is 253 g/mol. The van der Waals surface area contributed by atoms with Gasteiger partial charge in [0.1, 0.15) is 5.75 Å². The molecule has 96 valence electrons. The maximum Gasteiger partial charge on any atom is 0.122 e. The molecule has 0 N–H and O–H groups in total. The van der Waals surface area contributed by atoms with E-state index in [9.17, 15) is 0 Å². The van der Waals surface area contributed by atoms with Crippen molar-refractivity contribution < 1.29 is 4.74 Å². The lowest BCUT2D eigenvalue weighted by molar-refractivity contribution is 0.384. The molecule has 0 unspecified atom stereocenters. The highest BCUT2D eigenvalue weighted by atomic mass is 32.1. The van der Waals surface area contributed by atoms with Crippen molar-refractivity contribution >= 4 is 12.6 Å². The molecule has 17 heavy (non-hydrogen) atoms. The number of likely N-dealkylation sites (N-methyl/N-ethyl adjacent to an activating group) is 1. The van der Waals surface area contributed by atoms with Gasteiger partial charge in [-0.05, 0) is 36.6 Å². The largest absolute Gasteiger partial charge is 0.496 e. The van der Waals surface area contributed by atoms with E-state index >= 15 is 0 Å². The minimum absolute atomic E-state index is 0.540. The van der Waals surface area contributed by atoms with Crippen molar-refractivity contribution in [2.24, 2.45) is 0 Å². The summed E-state index contributed by atoms with van der Waals surface area (Å²) in [6.07, 6.45) is 0.999. The van der Waals surface area contributed by atoms with Crippen LogP contribution in [-0.2, 0) is 6.42 Å². The molecule has 0 aromatic heterocycles. The lowest BCUT2D eigenvalue weighted by atomic mass is 10.00. The van der Waals surface area contributed by atoms with Crippen molar-refractivity contribution in [1.29, 1.82) is 0 Å². The molecule has 3 heteroatoms. The summed E-state index contributed by atoms with van der Waals surface area (Å²) < 4.78 is 5.46. The highest BCUT2D eigenvalue weighted by Gasteiger charge is 2.07. The summed E-state index contributed by atoms with van der Waals surface area (Å²) in [5.74, 6) is 2.33. The van der Waals surface area contributed by atoms with Gasteiger partial charge in [0.05, 0.1) is 7.11 Å². The van der Waals surface area contributed by atoms with Gasteiger partial charge in [-0.15, -0.1) is 0 Å². The van der Waals surface area contributed by atoms with Gasteiger partial charge in [-0.3, -0.25) is 4.90 Å². The van der Waals surface area contributed by atoms with Gasteiger partial charge in [0.2, 0.25) is 0 Å². The van der Waals surface area contributed by atoms with Crippen molar-refractivity contribution in [3.63, 3.8) is 0 Å². The Morgan fingerprint density at radius 3 is 2.59 bits per heavy atom. The molecule has 1 aromatic rings. The molecule has 0 saturated carbocycles. The van der Waals surface area contributed by atoms with Crippen molar-refractivity contribution in [1.82, 2.24) is 4.90 Å². The smallest absolute Gasteiger partial charge is 0.122 e. The Kier molecular flexibility index (Phi) is 5.86. The van der Waals surface area contributed by atoms with Crippen LogP contribution in [0.1, 0.15) is 30.9 Å². The van der Waals surface area contributed by atoms with Gasteiger partial charge in [0, 0.05) is 12.4 Å². The summed E-state index contributed by atoms with van der Waals surface area (Å²) in [4.78, 5) is 2.18. The van der Waals surface area contributed by atoms with Crippen LogP contribution in [0.5, 0.6) is 5.75 Å². The maximum absolute atomic E-state index is 5.46. The molecule has 1 rings (SSSR count). The van der Waals surface area contributed by atoms with Gasteiger partial charge in [0.15, 0.2) is 0 Å². The van der Waals surface area contributed by atoms with Crippen LogP contribution in [0.25, 0.3) is 0 Å². The molecule has 0 heterocycles. The SMILES string of the molecule is COc1cc(C(C)C)ccc1CCN(C)CS. The van der Waals surface area contributed by atoms with Crippen molar-refractivity contribution in [2.75, 3.05) is 26.6 Å². The first-order valence-electron chi connectivity index (χ1n) is 6.04. The van der Waals surface area contributed by atoms with E-state index in [0.29, 0.717) is 5.92 Å². The Morgan fingerprint density at radius 2 is 2.06 bits per heavy atom. The van der Waals surface area contributed by atoms with Gasteiger partial charge >= 0.3 is 0 Å². The number of hydrogen-bond acceptors (Lipinski definition) is 3. The van der Waals surface area contributed by atoms with Gasteiger partial charge in [-0.1, -0.05) is 26.0 Å². The highest BCUT2D eigenvalue weighted by Crippen LogP contribution is 2.25. The Labute approximate surface area is 110 Å². The molecule has 0 amide bonds. The third kappa shape index (κ3) is 4.25. The number of rotatable bonds is 6. The first-order chi connectivity index (χ1) is 8.08. The second kappa shape index (κ2) is 6.92. The van der Waals surface area contributed by atoms with E-state index in [1.165, 1.54) is 11.1 Å². The van der Waals surface area contributed by atoms with Crippen LogP contribution >= 0.6 is 12.6 Å². The van der Waals surface area contributed by atoms with E-state index < -0.39 is 0 Å². The second-order valence-corrected chi connectivity index (χ2v) is 4.98. The number of benzene rings is 1. The first kappa shape index (κ1) is 14.4.